The van der Waals surface area contributed by atoms with Crippen molar-refractivity contribution in [1.29, 1.82) is 0 Å². The Labute approximate surface area is 412 Å². The van der Waals surface area contributed by atoms with E-state index in [0.29, 0.717) is 0 Å². The Bertz CT molecular complexity index is 4330. The lowest BCUT2D eigenvalue weighted by atomic mass is 9.43. The fourth-order valence-corrected chi connectivity index (χ4v) is 14.3. The van der Waals surface area contributed by atoms with Crippen LogP contribution in [0.25, 0.3) is 103 Å². The van der Waals surface area contributed by atoms with Gasteiger partial charge in [-0.1, -0.05) is 130 Å². The van der Waals surface area contributed by atoms with E-state index in [0.717, 1.165) is 44.2 Å². The molecule has 6 heterocycles. The average molecular weight is 927 g/mol. The zero-order chi connectivity index (χ0) is 47.7. The molecule has 1 aliphatic carbocycles. The third-order valence-corrected chi connectivity index (χ3v) is 18.2. The van der Waals surface area contributed by atoms with Gasteiger partial charge < -0.3 is 18.2 Å². The summed E-state index contributed by atoms with van der Waals surface area (Å²) in [6.07, 6.45) is 2.38. The topological polar surface area (TPSA) is 34.5 Å². The van der Waals surface area contributed by atoms with Gasteiger partial charge in [0.05, 0.1) is 16.4 Å². The maximum atomic E-state index is 7.31. The van der Waals surface area contributed by atoms with E-state index in [4.69, 9.17) is 8.83 Å². The van der Waals surface area contributed by atoms with Crippen molar-refractivity contribution in [3.63, 3.8) is 0 Å². The van der Waals surface area contributed by atoms with Crippen LogP contribution >= 0.6 is 11.3 Å². The molecule has 0 unspecified atom stereocenters. The smallest absolute Gasteiger partial charge is 0.333 e. The summed E-state index contributed by atoms with van der Waals surface area (Å²) in [6, 6.07) is 49.0. The number of anilines is 2. The maximum Gasteiger partial charge on any atom is 0.333 e. The van der Waals surface area contributed by atoms with Crippen molar-refractivity contribution in [3.05, 3.63) is 150 Å². The van der Waals surface area contributed by atoms with Gasteiger partial charge >= 0.3 is 6.85 Å². The van der Waals surface area contributed by atoms with Crippen molar-refractivity contribution in [2.24, 2.45) is 0 Å². The molecule has 0 saturated carbocycles. The first-order valence-corrected chi connectivity index (χ1v) is 26.1. The van der Waals surface area contributed by atoms with Gasteiger partial charge in [0.15, 0.2) is 0 Å². The van der Waals surface area contributed by atoms with Crippen LogP contribution in [0.4, 0.5) is 11.4 Å². The van der Waals surface area contributed by atoms with Gasteiger partial charge in [-0.25, -0.2) is 0 Å². The van der Waals surface area contributed by atoms with E-state index >= 15 is 0 Å². The molecular weight excluding hydrogens is 872 g/mol. The number of nitrogens with zero attached hydrogens (tertiary/aromatic N) is 2. The first kappa shape index (κ1) is 41.1. The van der Waals surface area contributed by atoms with Crippen molar-refractivity contribution >= 4 is 126 Å². The minimum atomic E-state index is -0.184. The lowest BCUT2D eigenvalue weighted by Crippen LogP contribution is -2.60. The third-order valence-electron chi connectivity index (χ3n) is 17.1. The Kier molecular flexibility index (Phi) is 7.72. The molecule has 0 amide bonds. The average Bonchev–Trinajstić information content (AvgIpc) is 4.09. The van der Waals surface area contributed by atoms with E-state index < -0.39 is 0 Å². The van der Waals surface area contributed by atoms with Crippen molar-refractivity contribution in [1.82, 2.24) is 4.57 Å². The van der Waals surface area contributed by atoms with Crippen LogP contribution in [0.1, 0.15) is 104 Å². The fourth-order valence-electron chi connectivity index (χ4n) is 13.2. The fraction of sp³-hybridized carbons (Fsp3) is 0.250. The molecule has 0 atom stereocenters. The molecule has 3 aliphatic rings. The zero-order valence-corrected chi connectivity index (χ0v) is 42.6. The molecule has 0 spiro atoms. The number of thiophene rings is 1. The lowest BCUT2D eigenvalue weighted by molar-refractivity contribution is 0.332. The highest BCUT2D eigenvalue weighted by Gasteiger charge is 2.47. The number of rotatable bonds is 1. The predicted molar refractivity (Wildman–Crippen MR) is 300 cm³/mol. The van der Waals surface area contributed by atoms with Gasteiger partial charge in [0, 0.05) is 75.8 Å². The van der Waals surface area contributed by atoms with Gasteiger partial charge in [0.25, 0.3) is 0 Å². The number of para-hydroxylation sites is 2. The molecule has 12 aromatic rings. The molecule has 4 nitrogen and oxygen atoms in total. The number of benzene rings is 8. The summed E-state index contributed by atoms with van der Waals surface area (Å²) < 4.78 is 19.3. The number of furan rings is 2. The monoisotopic (exact) mass is 926 g/mol. The number of hydrogen-bond donors (Lipinski definition) is 0. The number of fused-ring (bicyclic) bond motifs is 20. The van der Waals surface area contributed by atoms with E-state index in [1.165, 1.54) is 116 Å². The van der Waals surface area contributed by atoms with Gasteiger partial charge in [-0.05, 0) is 134 Å². The Hall–Kier alpha value is -6.76. The Morgan fingerprint density at radius 1 is 0.543 bits per heavy atom. The Morgan fingerprint density at radius 3 is 1.91 bits per heavy atom. The van der Waals surface area contributed by atoms with Gasteiger partial charge in [0.2, 0.25) is 0 Å². The van der Waals surface area contributed by atoms with Gasteiger partial charge in [-0.15, -0.1) is 11.3 Å². The van der Waals surface area contributed by atoms with Crippen LogP contribution < -0.4 is 15.7 Å². The second-order valence-electron chi connectivity index (χ2n) is 24.3. The van der Waals surface area contributed by atoms with E-state index in [1.807, 2.05) is 11.3 Å². The van der Waals surface area contributed by atoms with Crippen LogP contribution in [0.3, 0.4) is 0 Å². The summed E-state index contributed by atoms with van der Waals surface area (Å²) in [6.45, 7) is 23.5. The Morgan fingerprint density at radius 2 is 1.19 bits per heavy atom. The quantitative estimate of drug-likeness (QED) is 0.154. The second kappa shape index (κ2) is 13.2. The van der Waals surface area contributed by atoms with Crippen LogP contribution in [0.15, 0.2) is 136 Å². The van der Waals surface area contributed by atoms with E-state index in [-0.39, 0.29) is 28.5 Å². The zero-order valence-electron chi connectivity index (χ0n) is 41.7. The molecule has 0 saturated heterocycles. The molecule has 2 aliphatic heterocycles. The predicted octanol–water partition coefficient (Wildman–Crippen LogP) is 17.1. The SMILES string of the molecule is CC(C)(C)c1ccc(N2B3c4cc5c(cc4-n4c6ccc(C(C)(C)C)cc6c6c7oc8ccccc8c7c(c3c64)-c3cc4c(cc32)sc2cc3c(cc24)C(C)(C)CCC3(C)C)oc2ccccc25)cc1. The van der Waals surface area contributed by atoms with Gasteiger partial charge in [-0.3, -0.25) is 0 Å². The van der Waals surface area contributed by atoms with Crippen molar-refractivity contribution < 1.29 is 8.83 Å². The summed E-state index contributed by atoms with van der Waals surface area (Å²) in [5.41, 5.74) is 20.5. The van der Waals surface area contributed by atoms with Gasteiger partial charge in [0.1, 0.15) is 22.3 Å². The summed E-state index contributed by atoms with van der Waals surface area (Å²) in [4.78, 5) is 2.70. The maximum absolute atomic E-state index is 7.31. The summed E-state index contributed by atoms with van der Waals surface area (Å²) in [7, 11) is 0. The summed E-state index contributed by atoms with van der Waals surface area (Å²) >= 11 is 1.96. The minimum Gasteiger partial charge on any atom is -0.456 e. The standard InChI is InChI=1S/C64H55BN2O2S/c1-61(2,3)34-19-22-36(23-20-34)67-48-33-54-40(41-29-44-45(31-53(41)70-54)64(9,10)26-25-63(44,7)8)28-43(48)55-56-38-16-12-14-18-51(38)69-60(56)57-42-27-35(62(4,5)6)21-24-47(42)66-49-32-52-39(37-15-11-13-17-50(37)68-52)30-46(49)65(67)58(55)59(57)66/h11-24,27-33H,25-26H2,1-10H3. The Balaban J connectivity index is 1.17. The first-order valence-electron chi connectivity index (χ1n) is 25.3. The first-order chi connectivity index (χ1) is 33.4. The van der Waals surface area contributed by atoms with Crippen LogP contribution in [0.2, 0.25) is 0 Å². The van der Waals surface area contributed by atoms with E-state index in [2.05, 4.69) is 206 Å². The number of aromatic nitrogens is 1. The van der Waals surface area contributed by atoms with E-state index in [1.54, 1.807) is 0 Å². The third kappa shape index (κ3) is 5.28. The molecule has 0 radical (unpaired) electrons. The van der Waals surface area contributed by atoms with Crippen molar-refractivity contribution in [3.8, 4) is 16.8 Å². The molecule has 342 valence electrons. The van der Waals surface area contributed by atoms with Crippen LogP contribution in [-0.2, 0) is 21.7 Å². The molecule has 6 heteroatoms. The molecule has 0 N–H and O–H groups in total. The molecular formula is C64H55BN2O2S. The molecule has 70 heavy (non-hydrogen) atoms. The normalized spacial score (nSPS) is 16.2. The number of hydrogen-bond acceptors (Lipinski definition) is 4. The van der Waals surface area contributed by atoms with Crippen LogP contribution in [0, 0.1) is 0 Å². The van der Waals surface area contributed by atoms with Crippen molar-refractivity contribution in [2.45, 2.75) is 104 Å². The lowest BCUT2D eigenvalue weighted by Gasteiger charge is -2.42. The highest BCUT2D eigenvalue weighted by Crippen LogP contribution is 2.55. The largest absolute Gasteiger partial charge is 0.456 e. The summed E-state index contributed by atoms with van der Waals surface area (Å²) in [5.74, 6) is 0. The minimum absolute atomic E-state index is 0.00874. The second-order valence-corrected chi connectivity index (χ2v) is 25.4. The van der Waals surface area contributed by atoms with Gasteiger partial charge in [-0.2, -0.15) is 0 Å². The summed E-state index contributed by atoms with van der Waals surface area (Å²) in [5, 5.41) is 9.71. The highest BCUT2D eigenvalue weighted by molar-refractivity contribution is 7.26. The molecule has 15 rings (SSSR count). The van der Waals surface area contributed by atoms with Crippen LogP contribution in [0.5, 0.6) is 0 Å². The molecule has 8 aromatic carbocycles. The highest BCUT2D eigenvalue weighted by atomic mass is 32.1. The molecule has 0 bridgehead atoms. The molecule has 0 fully saturated rings. The van der Waals surface area contributed by atoms with Crippen LogP contribution in [-0.4, -0.2) is 11.4 Å². The molecule has 4 aromatic heterocycles. The van der Waals surface area contributed by atoms with Crippen molar-refractivity contribution in [2.75, 3.05) is 4.81 Å². The van der Waals surface area contributed by atoms with E-state index in [9.17, 15) is 0 Å².